The molecule has 0 aromatic heterocycles. The lowest BCUT2D eigenvalue weighted by Gasteiger charge is -2.15. The van der Waals surface area contributed by atoms with Gasteiger partial charge in [0, 0.05) is 5.41 Å². The second kappa shape index (κ2) is 2.35. The largest absolute Gasteiger partial charge is 0.469 e. The topological polar surface area (TPSA) is 26.3 Å². The molecule has 2 nitrogen and oxygen atoms in total. The van der Waals surface area contributed by atoms with Crippen LogP contribution in [0.4, 0.5) is 0 Å². The van der Waals surface area contributed by atoms with E-state index in [0.29, 0.717) is 0 Å². The number of rotatable bonds is 1. The second-order valence-corrected chi connectivity index (χ2v) is 3.87. The van der Waals surface area contributed by atoms with E-state index in [2.05, 4.69) is 6.58 Å². The van der Waals surface area contributed by atoms with Crippen molar-refractivity contribution in [3.05, 3.63) is 12.2 Å². The Morgan fingerprint density at radius 2 is 2.33 bits per heavy atom. The molecule has 66 valence electrons. The number of carbonyl (C=O) groups is 1. The summed E-state index contributed by atoms with van der Waals surface area (Å²) in [7, 11) is 1.47. The number of carbonyl (C=O) groups excluding carboxylic acids is 1. The number of esters is 1. The molecule has 0 N–H and O–H groups in total. The van der Waals surface area contributed by atoms with E-state index in [9.17, 15) is 4.79 Å². The summed E-state index contributed by atoms with van der Waals surface area (Å²) >= 11 is 0. The van der Waals surface area contributed by atoms with Gasteiger partial charge < -0.3 is 4.74 Å². The average Bonchev–Trinajstić information content (AvgIpc) is 2.78. The van der Waals surface area contributed by atoms with Gasteiger partial charge >= 0.3 is 5.97 Å². The van der Waals surface area contributed by atoms with Gasteiger partial charge in [0.1, 0.15) is 0 Å². The van der Waals surface area contributed by atoms with Gasteiger partial charge in [-0.1, -0.05) is 12.2 Å². The van der Waals surface area contributed by atoms with Crippen molar-refractivity contribution in [1.82, 2.24) is 0 Å². The molecule has 0 aromatic rings. The Morgan fingerprint density at radius 1 is 1.67 bits per heavy atom. The van der Waals surface area contributed by atoms with Crippen molar-refractivity contribution in [1.29, 1.82) is 0 Å². The number of ether oxygens (including phenoxy) is 1. The van der Waals surface area contributed by atoms with Gasteiger partial charge in [-0.05, 0) is 25.7 Å². The van der Waals surface area contributed by atoms with Crippen molar-refractivity contribution in [3.63, 3.8) is 0 Å². The van der Waals surface area contributed by atoms with Gasteiger partial charge in [-0.25, -0.2) is 0 Å². The van der Waals surface area contributed by atoms with Crippen molar-refractivity contribution in [2.24, 2.45) is 11.3 Å². The monoisotopic (exact) mass is 166 g/mol. The molecule has 2 aliphatic rings. The van der Waals surface area contributed by atoms with E-state index in [1.54, 1.807) is 0 Å². The van der Waals surface area contributed by atoms with Crippen LogP contribution in [0.1, 0.15) is 25.7 Å². The van der Waals surface area contributed by atoms with Gasteiger partial charge in [0.15, 0.2) is 0 Å². The van der Waals surface area contributed by atoms with Crippen LogP contribution >= 0.6 is 0 Å². The van der Waals surface area contributed by atoms with Crippen molar-refractivity contribution in [3.8, 4) is 0 Å². The molecule has 12 heavy (non-hydrogen) atoms. The van der Waals surface area contributed by atoms with Crippen molar-refractivity contribution < 1.29 is 9.53 Å². The molecule has 0 heterocycles. The maximum atomic E-state index is 11.4. The maximum Gasteiger partial charge on any atom is 0.309 e. The van der Waals surface area contributed by atoms with Crippen LogP contribution in [-0.2, 0) is 9.53 Å². The van der Waals surface area contributed by atoms with Gasteiger partial charge in [-0.3, -0.25) is 4.79 Å². The molecular weight excluding hydrogens is 152 g/mol. The van der Waals surface area contributed by atoms with Gasteiger partial charge in [-0.15, -0.1) is 0 Å². The summed E-state index contributed by atoms with van der Waals surface area (Å²) in [4.78, 5) is 11.4. The van der Waals surface area contributed by atoms with Crippen molar-refractivity contribution >= 4 is 5.97 Å². The van der Waals surface area contributed by atoms with Gasteiger partial charge in [0.2, 0.25) is 0 Å². The minimum absolute atomic E-state index is 0.0360. The first-order valence-electron chi connectivity index (χ1n) is 4.47. The highest BCUT2D eigenvalue weighted by Crippen LogP contribution is 2.63. The Hall–Kier alpha value is -0.790. The lowest BCUT2D eigenvalue weighted by Crippen LogP contribution is -2.21. The van der Waals surface area contributed by atoms with Crippen LogP contribution in [0.3, 0.4) is 0 Å². The van der Waals surface area contributed by atoms with Crippen LogP contribution in [0.25, 0.3) is 0 Å². The third-order valence-corrected chi connectivity index (χ3v) is 3.38. The van der Waals surface area contributed by atoms with Gasteiger partial charge in [0.05, 0.1) is 13.0 Å². The Kier molecular flexibility index (Phi) is 1.53. The molecule has 2 fully saturated rings. The first-order chi connectivity index (χ1) is 5.70. The van der Waals surface area contributed by atoms with Crippen LogP contribution in [-0.4, -0.2) is 13.1 Å². The zero-order chi connectivity index (χ0) is 8.77. The third kappa shape index (κ3) is 0.838. The Bertz CT molecular complexity index is 238. The van der Waals surface area contributed by atoms with E-state index in [1.165, 1.54) is 12.7 Å². The van der Waals surface area contributed by atoms with Crippen LogP contribution in [0.15, 0.2) is 12.2 Å². The molecule has 0 aliphatic heterocycles. The average molecular weight is 166 g/mol. The number of methoxy groups -OCH3 is 1. The highest BCUT2D eigenvalue weighted by atomic mass is 16.5. The van der Waals surface area contributed by atoms with E-state index >= 15 is 0 Å². The molecule has 0 radical (unpaired) electrons. The molecule has 0 amide bonds. The normalized spacial score (nSPS) is 30.8. The molecule has 1 atom stereocenters. The van der Waals surface area contributed by atoms with Gasteiger partial charge in [-0.2, -0.15) is 0 Å². The first-order valence-corrected chi connectivity index (χ1v) is 4.47. The third-order valence-electron chi connectivity index (χ3n) is 3.38. The molecule has 1 unspecified atom stereocenters. The summed E-state index contributed by atoms with van der Waals surface area (Å²) in [6, 6.07) is 0. The number of allylic oxidation sites excluding steroid dienone is 1. The summed E-state index contributed by atoms with van der Waals surface area (Å²) in [5.41, 5.74) is 1.45. The molecule has 2 heteroatoms. The fourth-order valence-electron chi connectivity index (χ4n) is 2.41. The molecule has 2 aliphatic carbocycles. The predicted octanol–water partition coefficient (Wildman–Crippen LogP) is 1.91. The lowest BCUT2D eigenvalue weighted by atomic mass is 9.91. The van der Waals surface area contributed by atoms with Gasteiger partial charge in [0.25, 0.3) is 0 Å². The number of hydrogen-bond donors (Lipinski definition) is 0. The molecular formula is C10H14O2. The Morgan fingerprint density at radius 3 is 2.83 bits per heavy atom. The Labute approximate surface area is 72.6 Å². The number of hydrogen-bond acceptors (Lipinski definition) is 2. The van der Waals surface area contributed by atoms with E-state index in [0.717, 1.165) is 25.7 Å². The highest BCUT2D eigenvalue weighted by Gasteiger charge is 2.57. The predicted molar refractivity (Wildman–Crippen MR) is 45.5 cm³/mol. The second-order valence-electron chi connectivity index (χ2n) is 3.87. The smallest absolute Gasteiger partial charge is 0.309 e. The summed E-state index contributed by atoms with van der Waals surface area (Å²) in [5.74, 6) is 0.0844. The molecule has 0 aromatic carbocycles. The summed E-state index contributed by atoms with van der Waals surface area (Å²) < 4.78 is 4.78. The maximum absolute atomic E-state index is 11.4. The van der Waals surface area contributed by atoms with E-state index < -0.39 is 0 Å². The summed E-state index contributed by atoms with van der Waals surface area (Å²) in [6.45, 7) is 4.03. The molecule has 0 bridgehead atoms. The molecule has 1 spiro atoms. The van der Waals surface area contributed by atoms with E-state index in [-0.39, 0.29) is 17.3 Å². The SMILES string of the molecule is C=C1CCC(C(=O)OC)C12CC2. The molecule has 0 saturated heterocycles. The molecule has 2 saturated carbocycles. The van der Waals surface area contributed by atoms with Crippen LogP contribution < -0.4 is 0 Å². The lowest BCUT2D eigenvalue weighted by molar-refractivity contribution is -0.146. The standard InChI is InChI=1S/C10H14O2/c1-7-3-4-8(9(11)12-2)10(7)5-6-10/h8H,1,3-6H2,2H3. The van der Waals surface area contributed by atoms with E-state index in [4.69, 9.17) is 4.74 Å². The van der Waals surface area contributed by atoms with Crippen molar-refractivity contribution in [2.45, 2.75) is 25.7 Å². The quantitative estimate of drug-likeness (QED) is 0.439. The first kappa shape index (κ1) is 7.84. The summed E-state index contributed by atoms with van der Waals surface area (Å²) in [6.07, 6.45) is 4.25. The van der Waals surface area contributed by atoms with Crippen molar-refractivity contribution in [2.75, 3.05) is 7.11 Å². The zero-order valence-corrected chi connectivity index (χ0v) is 7.43. The minimum atomic E-state index is -0.0360. The fraction of sp³-hybridized carbons (Fsp3) is 0.700. The fourth-order valence-corrected chi connectivity index (χ4v) is 2.41. The van der Waals surface area contributed by atoms with Crippen LogP contribution in [0.5, 0.6) is 0 Å². The zero-order valence-electron chi connectivity index (χ0n) is 7.43. The van der Waals surface area contributed by atoms with E-state index in [1.807, 2.05) is 0 Å². The highest BCUT2D eigenvalue weighted by molar-refractivity contribution is 5.75. The van der Waals surface area contributed by atoms with Crippen LogP contribution in [0.2, 0.25) is 0 Å². The molecule has 2 rings (SSSR count). The van der Waals surface area contributed by atoms with Crippen LogP contribution in [0, 0.1) is 11.3 Å². The minimum Gasteiger partial charge on any atom is -0.469 e. The summed E-state index contributed by atoms with van der Waals surface area (Å²) in [5, 5.41) is 0. The Balaban J connectivity index is 2.18.